The molecular weight excluding hydrogens is 292 g/mol. The van der Waals surface area contributed by atoms with Crippen LogP contribution in [0.15, 0.2) is 18.2 Å². The lowest BCUT2D eigenvalue weighted by Gasteiger charge is -2.28. The normalized spacial score (nSPS) is 19.9. The van der Waals surface area contributed by atoms with Gasteiger partial charge in [-0.15, -0.1) is 0 Å². The SMILES string of the molecule is CC(CO)C(C)NC(=O)NC1CCOc2c(Cl)cccc21. The molecule has 0 radical (unpaired) electrons. The molecule has 0 saturated carbocycles. The number of urea groups is 1. The number of fused-ring (bicyclic) bond motifs is 1. The fourth-order valence-electron chi connectivity index (χ4n) is 2.24. The van der Waals surface area contributed by atoms with Crippen LogP contribution >= 0.6 is 11.6 Å². The van der Waals surface area contributed by atoms with Crippen molar-refractivity contribution in [2.45, 2.75) is 32.4 Å². The average Bonchev–Trinajstić information content (AvgIpc) is 2.47. The molecule has 0 aromatic heterocycles. The van der Waals surface area contributed by atoms with Crippen molar-refractivity contribution in [3.05, 3.63) is 28.8 Å². The molecule has 1 aliphatic heterocycles. The number of benzene rings is 1. The van der Waals surface area contributed by atoms with Crippen LogP contribution < -0.4 is 15.4 Å². The Hall–Kier alpha value is -1.46. The van der Waals surface area contributed by atoms with Crippen molar-refractivity contribution in [2.75, 3.05) is 13.2 Å². The Bertz CT molecular complexity index is 510. The predicted octanol–water partition coefficient (Wildman–Crippen LogP) is 2.48. The smallest absolute Gasteiger partial charge is 0.315 e. The zero-order chi connectivity index (χ0) is 15.4. The second-order valence-electron chi connectivity index (χ2n) is 5.41. The molecule has 2 amide bonds. The summed E-state index contributed by atoms with van der Waals surface area (Å²) in [6.45, 7) is 4.31. The van der Waals surface area contributed by atoms with Crippen LogP contribution in [0, 0.1) is 5.92 Å². The van der Waals surface area contributed by atoms with Crippen molar-refractivity contribution >= 4 is 17.6 Å². The van der Waals surface area contributed by atoms with E-state index in [4.69, 9.17) is 21.4 Å². The molecule has 1 aromatic rings. The number of rotatable bonds is 4. The Morgan fingerprint density at radius 1 is 1.52 bits per heavy atom. The monoisotopic (exact) mass is 312 g/mol. The number of nitrogens with one attached hydrogen (secondary N) is 2. The van der Waals surface area contributed by atoms with Gasteiger partial charge in [-0.25, -0.2) is 4.79 Å². The lowest BCUT2D eigenvalue weighted by molar-refractivity contribution is 0.195. The van der Waals surface area contributed by atoms with E-state index < -0.39 is 0 Å². The van der Waals surface area contributed by atoms with E-state index in [1.807, 2.05) is 26.0 Å². The van der Waals surface area contributed by atoms with Crippen LogP contribution in [0.5, 0.6) is 5.75 Å². The lowest BCUT2D eigenvalue weighted by atomic mass is 10.0. The first-order valence-electron chi connectivity index (χ1n) is 7.12. The Labute approximate surface area is 129 Å². The maximum Gasteiger partial charge on any atom is 0.315 e. The molecule has 0 spiro atoms. The van der Waals surface area contributed by atoms with Gasteiger partial charge in [-0.1, -0.05) is 30.7 Å². The van der Waals surface area contributed by atoms with Gasteiger partial charge in [0.15, 0.2) is 0 Å². The quantitative estimate of drug-likeness (QED) is 0.800. The van der Waals surface area contributed by atoms with Crippen LogP contribution in [-0.2, 0) is 0 Å². The molecule has 1 aliphatic rings. The summed E-state index contributed by atoms with van der Waals surface area (Å²) in [5.41, 5.74) is 0.895. The summed E-state index contributed by atoms with van der Waals surface area (Å²) >= 11 is 6.11. The molecule has 0 fully saturated rings. The Kier molecular flexibility index (Phi) is 5.31. The molecule has 0 saturated heterocycles. The fourth-order valence-corrected chi connectivity index (χ4v) is 2.48. The minimum absolute atomic E-state index is 0.00664. The van der Waals surface area contributed by atoms with Gasteiger partial charge in [0.05, 0.1) is 17.7 Å². The van der Waals surface area contributed by atoms with E-state index in [0.717, 1.165) is 5.56 Å². The van der Waals surface area contributed by atoms with Gasteiger partial charge in [0, 0.05) is 24.6 Å². The third-order valence-electron chi connectivity index (χ3n) is 3.83. The molecule has 3 atom stereocenters. The highest BCUT2D eigenvalue weighted by molar-refractivity contribution is 6.32. The first-order chi connectivity index (χ1) is 10.0. The van der Waals surface area contributed by atoms with Crippen molar-refractivity contribution in [3.8, 4) is 5.75 Å². The second kappa shape index (κ2) is 7.00. The number of amides is 2. The first kappa shape index (κ1) is 15.9. The molecule has 5 nitrogen and oxygen atoms in total. The number of aliphatic hydroxyl groups excluding tert-OH is 1. The molecule has 3 N–H and O–H groups in total. The topological polar surface area (TPSA) is 70.6 Å². The van der Waals surface area contributed by atoms with Gasteiger partial charge in [-0.05, 0) is 18.9 Å². The standard InChI is InChI=1S/C15H21ClN2O3/c1-9(8-19)10(2)17-15(20)18-13-6-7-21-14-11(13)4-3-5-12(14)16/h3-5,9-10,13,19H,6-8H2,1-2H3,(H2,17,18,20). The van der Waals surface area contributed by atoms with Crippen molar-refractivity contribution in [2.24, 2.45) is 5.92 Å². The van der Waals surface area contributed by atoms with Gasteiger partial charge >= 0.3 is 6.03 Å². The Morgan fingerprint density at radius 3 is 3.00 bits per heavy atom. The molecule has 1 aromatic carbocycles. The van der Waals surface area contributed by atoms with Gasteiger partial charge in [0.1, 0.15) is 5.75 Å². The van der Waals surface area contributed by atoms with Crippen molar-refractivity contribution in [3.63, 3.8) is 0 Å². The summed E-state index contributed by atoms with van der Waals surface area (Å²) in [4.78, 5) is 12.1. The van der Waals surface area contributed by atoms with Gasteiger partial charge in [-0.2, -0.15) is 0 Å². The first-order valence-corrected chi connectivity index (χ1v) is 7.49. The van der Waals surface area contributed by atoms with Crippen LogP contribution in [0.1, 0.15) is 31.9 Å². The largest absolute Gasteiger partial charge is 0.492 e. The third kappa shape index (κ3) is 3.80. The van der Waals surface area contributed by atoms with E-state index in [9.17, 15) is 4.79 Å². The van der Waals surface area contributed by atoms with Crippen molar-refractivity contribution < 1.29 is 14.6 Å². The van der Waals surface area contributed by atoms with Crippen LogP contribution in [-0.4, -0.2) is 30.4 Å². The third-order valence-corrected chi connectivity index (χ3v) is 4.13. The maximum atomic E-state index is 12.1. The Morgan fingerprint density at radius 2 is 2.29 bits per heavy atom. The minimum atomic E-state index is -0.249. The average molecular weight is 313 g/mol. The van der Waals surface area contributed by atoms with Crippen LogP contribution in [0.2, 0.25) is 5.02 Å². The molecule has 2 rings (SSSR count). The lowest BCUT2D eigenvalue weighted by Crippen LogP contribution is -2.46. The highest BCUT2D eigenvalue weighted by Crippen LogP contribution is 2.37. The van der Waals surface area contributed by atoms with E-state index in [1.54, 1.807) is 6.07 Å². The zero-order valence-electron chi connectivity index (χ0n) is 12.2. The molecule has 116 valence electrons. The van der Waals surface area contributed by atoms with Crippen LogP contribution in [0.25, 0.3) is 0 Å². The minimum Gasteiger partial charge on any atom is -0.492 e. The predicted molar refractivity (Wildman–Crippen MR) is 81.7 cm³/mol. The fraction of sp³-hybridized carbons (Fsp3) is 0.533. The Balaban J connectivity index is 2.02. The second-order valence-corrected chi connectivity index (χ2v) is 5.82. The van der Waals surface area contributed by atoms with Gasteiger partial charge < -0.3 is 20.5 Å². The van der Waals surface area contributed by atoms with E-state index in [-0.39, 0.29) is 30.6 Å². The molecule has 0 bridgehead atoms. The van der Waals surface area contributed by atoms with Crippen LogP contribution in [0.4, 0.5) is 4.79 Å². The van der Waals surface area contributed by atoms with E-state index in [1.165, 1.54) is 0 Å². The van der Waals surface area contributed by atoms with Gasteiger partial charge in [0.25, 0.3) is 0 Å². The molecule has 21 heavy (non-hydrogen) atoms. The summed E-state index contributed by atoms with van der Waals surface area (Å²) in [6.07, 6.45) is 0.699. The molecule has 0 aliphatic carbocycles. The number of ether oxygens (including phenoxy) is 1. The highest BCUT2D eigenvalue weighted by Gasteiger charge is 2.25. The van der Waals surface area contributed by atoms with Gasteiger partial charge in [-0.3, -0.25) is 0 Å². The number of para-hydroxylation sites is 1. The number of hydrogen-bond donors (Lipinski definition) is 3. The summed E-state index contributed by atoms with van der Waals surface area (Å²) in [5, 5.41) is 15.4. The van der Waals surface area contributed by atoms with Crippen molar-refractivity contribution in [1.29, 1.82) is 0 Å². The maximum absolute atomic E-state index is 12.1. The number of carbonyl (C=O) groups excluding carboxylic acids is 1. The van der Waals surface area contributed by atoms with E-state index in [0.29, 0.717) is 23.8 Å². The highest BCUT2D eigenvalue weighted by atomic mass is 35.5. The zero-order valence-corrected chi connectivity index (χ0v) is 13.0. The molecule has 3 unspecified atom stereocenters. The molecule has 1 heterocycles. The number of hydrogen-bond acceptors (Lipinski definition) is 3. The number of aliphatic hydroxyl groups is 1. The molecular formula is C15H21ClN2O3. The number of carbonyl (C=O) groups is 1. The summed E-state index contributed by atoms with van der Waals surface area (Å²) in [5.74, 6) is 0.652. The summed E-state index contributed by atoms with van der Waals surface area (Å²) in [6, 6.07) is 5.05. The van der Waals surface area contributed by atoms with Gasteiger partial charge in [0.2, 0.25) is 0 Å². The van der Waals surface area contributed by atoms with Crippen molar-refractivity contribution in [1.82, 2.24) is 10.6 Å². The molecule has 6 heteroatoms. The summed E-state index contributed by atoms with van der Waals surface area (Å²) in [7, 11) is 0. The van der Waals surface area contributed by atoms with Crippen LogP contribution in [0.3, 0.4) is 0 Å². The van der Waals surface area contributed by atoms with E-state index >= 15 is 0 Å². The summed E-state index contributed by atoms with van der Waals surface area (Å²) < 4.78 is 5.57. The van der Waals surface area contributed by atoms with E-state index in [2.05, 4.69) is 10.6 Å². The number of halogens is 1.